The number of carbonyl (C=O) groups excluding carboxylic acids is 2. The Morgan fingerprint density at radius 3 is 2.52 bits per heavy atom. The van der Waals surface area contributed by atoms with Gasteiger partial charge in [0, 0.05) is 12.1 Å². The fraction of sp³-hybridized carbons (Fsp3) is 0.318. The Hall–Kier alpha value is -3.13. The molecule has 0 heterocycles. The van der Waals surface area contributed by atoms with E-state index in [0.717, 1.165) is 11.1 Å². The van der Waals surface area contributed by atoms with Gasteiger partial charge >= 0.3 is 0 Å². The second-order valence-electron chi connectivity index (χ2n) is 7.00. The monoisotopic (exact) mass is 363 g/mol. The topological polar surface area (TPSA) is 82.0 Å². The highest BCUT2D eigenvalue weighted by Crippen LogP contribution is 2.11. The molecule has 0 aromatic heterocycles. The number of hydrogen-bond donors (Lipinski definition) is 2. The van der Waals surface area contributed by atoms with Gasteiger partial charge in [-0.25, -0.2) is 0 Å². The molecule has 140 valence electrons. The number of rotatable bonds is 7. The van der Waals surface area contributed by atoms with Crippen molar-refractivity contribution >= 4 is 11.8 Å². The summed E-state index contributed by atoms with van der Waals surface area (Å²) in [6, 6.07) is 15.9. The van der Waals surface area contributed by atoms with Crippen LogP contribution in [0.2, 0.25) is 0 Å². The van der Waals surface area contributed by atoms with Crippen molar-refractivity contribution in [3.8, 4) is 6.07 Å². The van der Waals surface area contributed by atoms with Crippen LogP contribution in [0.3, 0.4) is 0 Å². The molecule has 2 N–H and O–H groups in total. The minimum absolute atomic E-state index is 0.229. The number of aryl methyl sites for hydroxylation is 1. The van der Waals surface area contributed by atoms with Gasteiger partial charge in [0.25, 0.3) is 5.91 Å². The molecule has 0 radical (unpaired) electrons. The third kappa shape index (κ3) is 5.96. The molecule has 0 aliphatic heterocycles. The van der Waals surface area contributed by atoms with Crippen LogP contribution in [-0.2, 0) is 11.3 Å². The van der Waals surface area contributed by atoms with Crippen LogP contribution in [0.15, 0.2) is 48.5 Å². The smallest absolute Gasteiger partial charge is 0.252 e. The lowest BCUT2D eigenvalue weighted by Gasteiger charge is -2.21. The highest BCUT2D eigenvalue weighted by atomic mass is 16.2. The molecule has 0 aliphatic carbocycles. The molecule has 0 saturated carbocycles. The van der Waals surface area contributed by atoms with Crippen LogP contribution in [-0.4, -0.2) is 17.9 Å². The van der Waals surface area contributed by atoms with Crippen molar-refractivity contribution in [3.05, 3.63) is 70.8 Å². The quantitative estimate of drug-likeness (QED) is 0.792. The minimum atomic E-state index is -0.615. The number of nitrogens with one attached hydrogen (secondary N) is 2. The molecule has 0 saturated heterocycles. The maximum absolute atomic E-state index is 12.7. The van der Waals surface area contributed by atoms with E-state index in [4.69, 9.17) is 5.26 Å². The van der Waals surface area contributed by atoms with Crippen molar-refractivity contribution in [1.29, 1.82) is 5.26 Å². The second kappa shape index (κ2) is 9.54. The lowest BCUT2D eigenvalue weighted by Crippen LogP contribution is -2.47. The van der Waals surface area contributed by atoms with Crippen molar-refractivity contribution in [1.82, 2.24) is 10.6 Å². The first-order valence-electron chi connectivity index (χ1n) is 9.04. The van der Waals surface area contributed by atoms with E-state index in [1.165, 1.54) is 0 Å². The number of hydrogen-bond acceptors (Lipinski definition) is 3. The van der Waals surface area contributed by atoms with Crippen molar-refractivity contribution < 1.29 is 9.59 Å². The molecule has 2 aromatic rings. The lowest BCUT2D eigenvalue weighted by atomic mass is 10.0. The Bertz CT molecular complexity index is 853. The zero-order valence-electron chi connectivity index (χ0n) is 16.0. The Labute approximate surface area is 160 Å². The molecular weight excluding hydrogens is 338 g/mol. The van der Waals surface area contributed by atoms with Crippen LogP contribution in [0.4, 0.5) is 0 Å². The fourth-order valence-electron chi connectivity index (χ4n) is 2.83. The number of benzene rings is 2. The maximum Gasteiger partial charge on any atom is 0.252 e. The largest absolute Gasteiger partial charge is 0.350 e. The molecule has 0 bridgehead atoms. The van der Waals surface area contributed by atoms with E-state index >= 15 is 0 Å². The standard InChI is InChI=1S/C22H25N3O2/c1-15(2)11-20(25-21(26)19-10-5-4-7-16(19)3)22(27)24-14-18-9-6-8-17(12-18)13-23/h4-10,12,15,20H,11,14H2,1-3H3,(H,24,27)(H,25,26). The van der Waals surface area contributed by atoms with Crippen LogP contribution in [0, 0.1) is 24.2 Å². The van der Waals surface area contributed by atoms with Gasteiger partial charge in [-0.2, -0.15) is 5.26 Å². The first-order chi connectivity index (χ1) is 12.9. The van der Waals surface area contributed by atoms with Gasteiger partial charge in [0.1, 0.15) is 6.04 Å². The summed E-state index contributed by atoms with van der Waals surface area (Å²) < 4.78 is 0. The highest BCUT2D eigenvalue weighted by Gasteiger charge is 2.23. The summed E-state index contributed by atoms with van der Waals surface area (Å²) in [5.74, 6) is -0.229. The van der Waals surface area contributed by atoms with Gasteiger partial charge in [0.2, 0.25) is 5.91 Å². The van der Waals surface area contributed by atoms with E-state index in [1.807, 2.05) is 45.0 Å². The second-order valence-corrected chi connectivity index (χ2v) is 7.00. The van der Waals surface area contributed by atoms with E-state index in [-0.39, 0.29) is 17.7 Å². The average Bonchev–Trinajstić information content (AvgIpc) is 2.65. The van der Waals surface area contributed by atoms with E-state index in [9.17, 15) is 9.59 Å². The van der Waals surface area contributed by atoms with Crippen molar-refractivity contribution in [2.24, 2.45) is 5.92 Å². The normalized spacial score (nSPS) is 11.5. The van der Waals surface area contributed by atoms with E-state index in [2.05, 4.69) is 16.7 Å². The molecule has 2 aromatic carbocycles. The fourth-order valence-corrected chi connectivity index (χ4v) is 2.83. The van der Waals surface area contributed by atoms with Crippen LogP contribution in [0.5, 0.6) is 0 Å². The van der Waals surface area contributed by atoms with Crippen molar-refractivity contribution in [2.45, 2.75) is 39.8 Å². The van der Waals surface area contributed by atoms with Gasteiger partial charge < -0.3 is 10.6 Å². The van der Waals surface area contributed by atoms with Crippen LogP contribution < -0.4 is 10.6 Å². The molecule has 2 amide bonds. The van der Waals surface area contributed by atoms with Gasteiger partial charge in [0.05, 0.1) is 11.6 Å². The lowest BCUT2D eigenvalue weighted by molar-refractivity contribution is -0.123. The molecular formula is C22H25N3O2. The van der Waals surface area contributed by atoms with Gasteiger partial charge in [0.15, 0.2) is 0 Å². The summed E-state index contributed by atoms with van der Waals surface area (Å²) in [5, 5.41) is 14.7. The minimum Gasteiger partial charge on any atom is -0.350 e. The average molecular weight is 363 g/mol. The van der Waals surface area contributed by atoms with Crippen LogP contribution in [0.25, 0.3) is 0 Å². The molecule has 0 aliphatic rings. The number of amides is 2. The molecule has 5 heteroatoms. The van der Waals surface area contributed by atoms with Gasteiger partial charge in [-0.1, -0.05) is 44.2 Å². The molecule has 2 rings (SSSR count). The third-order valence-corrected chi connectivity index (χ3v) is 4.24. The maximum atomic E-state index is 12.7. The van der Waals surface area contributed by atoms with E-state index in [1.54, 1.807) is 24.3 Å². The molecule has 1 atom stereocenters. The van der Waals surface area contributed by atoms with Crippen molar-refractivity contribution in [3.63, 3.8) is 0 Å². The van der Waals surface area contributed by atoms with Gasteiger partial charge in [-0.05, 0) is 48.6 Å². The number of nitrogens with zero attached hydrogens (tertiary/aromatic N) is 1. The Morgan fingerprint density at radius 1 is 1.11 bits per heavy atom. The summed E-state index contributed by atoms with van der Waals surface area (Å²) in [7, 11) is 0. The Kier molecular flexibility index (Phi) is 7.13. The highest BCUT2D eigenvalue weighted by molar-refractivity contribution is 5.98. The number of nitriles is 1. The summed E-state index contributed by atoms with van der Waals surface area (Å²) >= 11 is 0. The molecule has 0 fully saturated rings. The molecule has 5 nitrogen and oxygen atoms in total. The Balaban J connectivity index is 2.06. The zero-order valence-corrected chi connectivity index (χ0v) is 16.0. The van der Waals surface area contributed by atoms with Gasteiger partial charge in [-0.3, -0.25) is 9.59 Å². The number of carbonyl (C=O) groups is 2. The molecule has 27 heavy (non-hydrogen) atoms. The molecule has 1 unspecified atom stereocenters. The Morgan fingerprint density at radius 2 is 1.85 bits per heavy atom. The van der Waals surface area contributed by atoms with Crippen molar-refractivity contribution in [2.75, 3.05) is 0 Å². The van der Waals surface area contributed by atoms with E-state index in [0.29, 0.717) is 24.1 Å². The summed E-state index contributed by atoms with van der Waals surface area (Å²) in [4.78, 5) is 25.3. The first kappa shape index (κ1) is 20.2. The summed E-state index contributed by atoms with van der Waals surface area (Å²) in [5.41, 5.74) is 2.83. The zero-order chi connectivity index (χ0) is 19.8. The van der Waals surface area contributed by atoms with Gasteiger partial charge in [-0.15, -0.1) is 0 Å². The first-order valence-corrected chi connectivity index (χ1v) is 9.04. The predicted octanol–water partition coefficient (Wildman–Crippen LogP) is 3.33. The molecule has 0 spiro atoms. The predicted molar refractivity (Wildman–Crippen MR) is 105 cm³/mol. The van der Waals surface area contributed by atoms with E-state index < -0.39 is 6.04 Å². The van der Waals surface area contributed by atoms with Crippen LogP contribution in [0.1, 0.15) is 47.3 Å². The summed E-state index contributed by atoms with van der Waals surface area (Å²) in [6.07, 6.45) is 0.543. The third-order valence-electron chi connectivity index (χ3n) is 4.24. The van der Waals surface area contributed by atoms with Crippen LogP contribution >= 0.6 is 0 Å². The summed E-state index contributed by atoms with van der Waals surface area (Å²) in [6.45, 7) is 6.20. The SMILES string of the molecule is Cc1ccccc1C(=O)NC(CC(C)C)C(=O)NCc1cccc(C#N)c1.